The number of aromatic nitrogens is 6. The van der Waals surface area contributed by atoms with Crippen LogP contribution in [0.4, 0.5) is 29.1 Å². The van der Waals surface area contributed by atoms with Crippen LogP contribution in [0.2, 0.25) is 0 Å². The number of nitrogens with zero attached hydrogens (tertiary/aromatic N) is 6. The Balaban J connectivity index is 1.61. The van der Waals surface area contributed by atoms with Gasteiger partial charge in [0.25, 0.3) is 0 Å². The number of rotatable bonds is 10. The third-order valence-corrected chi connectivity index (χ3v) is 6.65. The van der Waals surface area contributed by atoms with Crippen molar-refractivity contribution in [3.05, 3.63) is 94.0 Å². The van der Waals surface area contributed by atoms with E-state index in [0.29, 0.717) is 10.4 Å². The molecule has 0 spiro atoms. The molecule has 0 aliphatic rings. The predicted molar refractivity (Wildman–Crippen MR) is 150 cm³/mol. The highest BCUT2D eigenvalue weighted by Gasteiger charge is 2.39. The molecule has 1 atom stereocenters. The molecule has 10 nitrogen and oxygen atoms in total. The van der Waals surface area contributed by atoms with Gasteiger partial charge in [-0.3, -0.25) is 4.57 Å². The van der Waals surface area contributed by atoms with E-state index >= 15 is 4.39 Å². The second-order valence-corrected chi connectivity index (χ2v) is 9.61. The molecule has 0 bridgehead atoms. The molecule has 0 radical (unpaired) electrons. The third-order valence-electron chi connectivity index (χ3n) is 6.65. The second-order valence-electron chi connectivity index (χ2n) is 9.61. The van der Waals surface area contributed by atoms with Gasteiger partial charge in [-0.25, -0.2) is 9.18 Å². The van der Waals surface area contributed by atoms with Crippen LogP contribution >= 0.6 is 0 Å². The van der Waals surface area contributed by atoms with E-state index in [9.17, 15) is 18.0 Å². The van der Waals surface area contributed by atoms with E-state index in [4.69, 9.17) is 9.47 Å². The standard InChI is InChI=1S/C29H27F4N7O3/c1-4-39-22(16-42-15-19-11-6-5-7-12-19)38-40(28(39)41)26-24(30)20-14-34-37-25(35-21-13-9-8-10-17(21)2)23(20)27(36-26)43-18(3)29(31,32)33/h5-14,18H,4,15-16H2,1-3H3,(H,35,37)/t18-/m0/s1. The zero-order valence-corrected chi connectivity index (χ0v) is 23.4. The van der Waals surface area contributed by atoms with E-state index in [1.165, 1.54) is 4.57 Å². The van der Waals surface area contributed by atoms with Crippen molar-refractivity contribution >= 4 is 22.3 Å². The van der Waals surface area contributed by atoms with Gasteiger partial charge in [-0.1, -0.05) is 48.5 Å². The Kier molecular flexibility index (Phi) is 8.39. The quantitative estimate of drug-likeness (QED) is 0.207. The molecule has 0 amide bonds. The first-order chi connectivity index (χ1) is 20.6. The van der Waals surface area contributed by atoms with Crippen molar-refractivity contribution in [3.63, 3.8) is 0 Å². The molecule has 5 rings (SSSR count). The van der Waals surface area contributed by atoms with E-state index in [-0.39, 0.29) is 42.2 Å². The highest BCUT2D eigenvalue weighted by Crippen LogP contribution is 2.36. The van der Waals surface area contributed by atoms with E-state index < -0.39 is 35.5 Å². The molecule has 1 N–H and O–H groups in total. The van der Waals surface area contributed by atoms with E-state index in [1.807, 2.05) is 30.3 Å². The van der Waals surface area contributed by atoms with Crippen LogP contribution in [0.3, 0.4) is 0 Å². The Bertz CT molecular complexity index is 1810. The number of pyridine rings is 1. The zero-order valence-electron chi connectivity index (χ0n) is 23.4. The molecule has 3 heterocycles. The first-order valence-electron chi connectivity index (χ1n) is 13.3. The number of anilines is 2. The molecule has 0 aliphatic heterocycles. The topological polar surface area (TPSA) is 109 Å². The molecule has 0 saturated heterocycles. The van der Waals surface area contributed by atoms with Crippen LogP contribution in [0.25, 0.3) is 16.6 Å². The molecule has 0 fully saturated rings. The predicted octanol–water partition coefficient (Wildman–Crippen LogP) is 5.63. The Morgan fingerprint density at radius 3 is 2.47 bits per heavy atom. The number of aryl methyl sites for hydroxylation is 1. The summed E-state index contributed by atoms with van der Waals surface area (Å²) in [5.74, 6) is -2.24. The minimum absolute atomic E-state index is 0.0874. The summed E-state index contributed by atoms with van der Waals surface area (Å²) in [6.45, 7) is 4.60. The number of nitrogens with one attached hydrogen (secondary N) is 1. The zero-order chi connectivity index (χ0) is 30.7. The van der Waals surface area contributed by atoms with Crippen molar-refractivity contribution in [1.82, 2.24) is 29.5 Å². The number of halogens is 4. The summed E-state index contributed by atoms with van der Waals surface area (Å²) in [5, 5.41) is 14.6. The maximum Gasteiger partial charge on any atom is 0.425 e. The number of ether oxygens (including phenoxy) is 2. The van der Waals surface area contributed by atoms with Crippen molar-refractivity contribution < 1.29 is 27.0 Å². The van der Waals surface area contributed by atoms with Gasteiger partial charge in [-0.15, -0.1) is 10.2 Å². The van der Waals surface area contributed by atoms with Gasteiger partial charge in [0.2, 0.25) is 5.88 Å². The highest BCUT2D eigenvalue weighted by molar-refractivity contribution is 5.97. The van der Waals surface area contributed by atoms with Crippen LogP contribution in [0.5, 0.6) is 5.88 Å². The van der Waals surface area contributed by atoms with Crippen molar-refractivity contribution in [2.75, 3.05) is 5.32 Å². The number of hydrogen-bond acceptors (Lipinski definition) is 8. The number of benzene rings is 2. The number of hydrogen-bond donors (Lipinski definition) is 1. The molecular formula is C29H27F4N7O3. The molecule has 3 aromatic heterocycles. The molecule has 0 saturated carbocycles. The average molecular weight is 598 g/mol. The van der Waals surface area contributed by atoms with E-state index in [1.54, 1.807) is 38.1 Å². The lowest BCUT2D eigenvalue weighted by Crippen LogP contribution is -2.32. The molecule has 0 unspecified atom stereocenters. The van der Waals surface area contributed by atoms with Crippen LogP contribution in [-0.2, 0) is 24.5 Å². The monoisotopic (exact) mass is 597 g/mol. The maximum atomic E-state index is 16.1. The van der Waals surface area contributed by atoms with Crippen molar-refractivity contribution in [3.8, 4) is 11.7 Å². The first-order valence-corrected chi connectivity index (χ1v) is 13.3. The summed E-state index contributed by atoms with van der Waals surface area (Å²) < 4.78 is 69.8. The number of fused-ring (bicyclic) bond motifs is 1. The van der Waals surface area contributed by atoms with Gasteiger partial charge in [-0.2, -0.15) is 27.9 Å². The number of alkyl halides is 3. The normalized spacial score (nSPS) is 12.4. The summed E-state index contributed by atoms with van der Waals surface area (Å²) in [4.78, 5) is 17.4. The molecular weight excluding hydrogens is 570 g/mol. The largest absolute Gasteiger partial charge is 0.464 e. The van der Waals surface area contributed by atoms with Crippen molar-refractivity contribution in [2.45, 2.75) is 52.8 Å². The summed E-state index contributed by atoms with van der Waals surface area (Å²) >= 11 is 0. The minimum atomic E-state index is -4.77. The first kappa shape index (κ1) is 29.6. The molecule has 224 valence electrons. The van der Waals surface area contributed by atoms with Gasteiger partial charge >= 0.3 is 11.9 Å². The summed E-state index contributed by atoms with van der Waals surface area (Å²) in [5.41, 5.74) is 1.48. The minimum Gasteiger partial charge on any atom is -0.464 e. The van der Waals surface area contributed by atoms with Crippen LogP contribution < -0.4 is 15.7 Å². The Labute approximate surface area is 242 Å². The fourth-order valence-electron chi connectivity index (χ4n) is 4.31. The van der Waals surface area contributed by atoms with Gasteiger partial charge in [0.15, 0.2) is 29.4 Å². The lowest BCUT2D eigenvalue weighted by atomic mass is 10.1. The highest BCUT2D eigenvalue weighted by atomic mass is 19.4. The second kappa shape index (κ2) is 12.2. The van der Waals surface area contributed by atoms with Gasteiger partial charge in [0.05, 0.1) is 23.6 Å². The van der Waals surface area contributed by atoms with E-state index in [0.717, 1.165) is 24.2 Å². The van der Waals surface area contributed by atoms with E-state index in [2.05, 4.69) is 25.6 Å². The van der Waals surface area contributed by atoms with Gasteiger partial charge in [-0.05, 0) is 38.0 Å². The maximum absolute atomic E-state index is 16.1. The smallest absolute Gasteiger partial charge is 0.425 e. The van der Waals surface area contributed by atoms with Crippen LogP contribution in [-0.4, -0.2) is 41.8 Å². The molecule has 5 aromatic rings. The fourth-order valence-corrected chi connectivity index (χ4v) is 4.31. The molecule has 0 aliphatic carbocycles. The average Bonchev–Trinajstić information content (AvgIpc) is 3.30. The molecule has 14 heteroatoms. The van der Waals surface area contributed by atoms with Crippen LogP contribution in [0.1, 0.15) is 30.8 Å². The lowest BCUT2D eigenvalue weighted by Gasteiger charge is -2.20. The number of para-hydroxylation sites is 1. The van der Waals surface area contributed by atoms with Crippen molar-refractivity contribution in [1.29, 1.82) is 0 Å². The molecule has 43 heavy (non-hydrogen) atoms. The Morgan fingerprint density at radius 1 is 1.05 bits per heavy atom. The van der Waals surface area contributed by atoms with Crippen LogP contribution in [0.15, 0.2) is 65.6 Å². The fraction of sp³-hybridized carbons (Fsp3) is 0.276. The Hall–Kier alpha value is -4.85. The lowest BCUT2D eigenvalue weighted by molar-refractivity contribution is -0.189. The van der Waals surface area contributed by atoms with Gasteiger partial charge in [0.1, 0.15) is 6.61 Å². The summed E-state index contributed by atoms with van der Waals surface area (Å²) in [6.07, 6.45) is -6.07. The van der Waals surface area contributed by atoms with Gasteiger partial charge in [0, 0.05) is 12.2 Å². The summed E-state index contributed by atoms with van der Waals surface area (Å²) in [6, 6.07) is 16.4. The SMILES string of the molecule is CCn1c(COCc2ccccc2)nn(-c2nc(O[C@@H](C)C(F)(F)F)c3c(Nc4ccccc4C)nncc3c2F)c1=O. The Morgan fingerprint density at radius 2 is 1.77 bits per heavy atom. The van der Waals surface area contributed by atoms with Gasteiger partial charge < -0.3 is 14.8 Å². The summed E-state index contributed by atoms with van der Waals surface area (Å²) in [7, 11) is 0. The van der Waals surface area contributed by atoms with Crippen LogP contribution in [0, 0.1) is 12.7 Å². The third kappa shape index (κ3) is 6.18. The molecule has 2 aromatic carbocycles. The van der Waals surface area contributed by atoms with Crippen molar-refractivity contribution in [2.24, 2.45) is 0 Å².